The van der Waals surface area contributed by atoms with E-state index in [4.69, 9.17) is 5.11 Å². The lowest BCUT2D eigenvalue weighted by Gasteiger charge is -2.23. The molecule has 0 aromatic heterocycles. The molecular weight excluding hydrogens is 238 g/mol. The van der Waals surface area contributed by atoms with Gasteiger partial charge < -0.3 is 10.4 Å². The van der Waals surface area contributed by atoms with Gasteiger partial charge >= 0.3 is 5.97 Å². The van der Waals surface area contributed by atoms with Gasteiger partial charge in [0.2, 0.25) is 0 Å². The molecule has 0 bridgehead atoms. The summed E-state index contributed by atoms with van der Waals surface area (Å²) in [7, 11) is 0. The topological polar surface area (TPSA) is 49.3 Å². The average molecular weight is 256 g/mol. The molecule has 1 heterocycles. The van der Waals surface area contributed by atoms with Gasteiger partial charge in [-0.15, -0.1) is 12.4 Å². The van der Waals surface area contributed by atoms with E-state index in [1.807, 2.05) is 18.2 Å². The summed E-state index contributed by atoms with van der Waals surface area (Å²) in [6.07, 6.45) is 2.42. The number of hydrogen-bond donors (Lipinski definition) is 2. The molecule has 2 N–H and O–H groups in total. The molecule has 4 heteroatoms. The molecule has 1 aromatic carbocycles. The summed E-state index contributed by atoms with van der Waals surface area (Å²) < 4.78 is 0. The van der Waals surface area contributed by atoms with Crippen LogP contribution in [0.5, 0.6) is 0 Å². The van der Waals surface area contributed by atoms with Crippen LogP contribution in [0, 0.1) is 0 Å². The van der Waals surface area contributed by atoms with E-state index < -0.39 is 5.97 Å². The highest BCUT2D eigenvalue weighted by atomic mass is 35.5. The molecule has 0 saturated carbocycles. The standard InChI is InChI=1S/C13H17NO2.ClH/c15-13(16)9-10-2-1-3-12(8-10)11-4-6-14-7-5-11;/h1-3,8,11,14H,4-7,9H2,(H,15,16);1H. The summed E-state index contributed by atoms with van der Waals surface area (Å²) in [5, 5.41) is 12.1. The maximum Gasteiger partial charge on any atom is 0.307 e. The first-order valence-electron chi connectivity index (χ1n) is 5.77. The molecule has 1 aliphatic heterocycles. The van der Waals surface area contributed by atoms with Gasteiger partial charge in [-0.25, -0.2) is 0 Å². The zero-order chi connectivity index (χ0) is 11.4. The molecule has 1 saturated heterocycles. The molecule has 17 heavy (non-hydrogen) atoms. The molecule has 0 amide bonds. The zero-order valence-electron chi connectivity index (χ0n) is 9.69. The monoisotopic (exact) mass is 255 g/mol. The van der Waals surface area contributed by atoms with Crippen molar-refractivity contribution in [2.75, 3.05) is 13.1 Å². The number of rotatable bonds is 3. The fourth-order valence-electron chi connectivity index (χ4n) is 2.29. The number of carboxylic acids is 1. The van der Waals surface area contributed by atoms with Crippen molar-refractivity contribution in [2.45, 2.75) is 25.2 Å². The predicted octanol–water partition coefficient (Wildman–Crippen LogP) is 2.20. The van der Waals surface area contributed by atoms with Crippen LogP contribution in [0.4, 0.5) is 0 Å². The minimum absolute atomic E-state index is 0. The number of benzene rings is 1. The Morgan fingerprint density at radius 3 is 2.71 bits per heavy atom. The molecule has 2 rings (SSSR count). The number of hydrogen-bond acceptors (Lipinski definition) is 2. The summed E-state index contributed by atoms with van der Waals surface area (Å²) in [5.74, 6) is -0.169. The number of carbonyl (C=O) groups is 1. The lowest BCUT2D eigenvalue weighted by atomic mass is 9.89. The van der Waals surface area contributed by atoms with Crippen LogP contribution in [0.15, 0.2) is 24.3 Å². The molecular formula is C13H18ClNO2. The van der Waals surface area contributed by atoms with Crippen LogP contribution in [-0.2, 0) is 11.2 Å². The molecule has 0 radical (unpaired) electrons. The van der Waals surface area contributed by atoms with E-state index in [2.05, 4.69) is 11.4 Å². The number of piperidine rings is 1. The van der Waals surface area contributed by atoms with Crippen molar-refractivity contribution in [3.05, 3.63) is 35.4 Å². The van der Waals surface area contributed by atoms with E-state index in [1.54, 1.807) is 0 Å². The van der Waals surface area contributed by atoms with E-state index in [0.717, 1.165) is 31.5 Å². The minimum Gasteiger partial charge on any atom is -0.481 e. The summed E-state index contributed by atoms with van der Waals surface area (Å²) in [6, 6.07) is 8.01. The van der Waals surface area contributed by atoms with Gasteiger partial charge in [-0.3, -0.25) is 4.79 Å². The van der Waals surface area contributed by atoms with Gasteiger partial charge in [0.25, 0.3) is 0 Å². The molecule has 1 fully saturated rings. The smallest absolute Gasteiger partial charge is 0.307 e. The second-order valence-electron chi connectivity index (χ2n) is 4.34. The first-order valence-corrected chi connectivity index (χ1v) is 5.77. The lowest BCUT2D eigenvalue weighted by molar-refractivity contribution is -0.136. The SMILES string of the molecule is Cl.O=C(O)Cc1cccc(C2CCNCC2)c1. The van der Waals surface area contributed by atoms with Gasteiger partial charge in [0.1, 0.15) is 0 Å². The highest BCUT2D eigenvalue weighted by molar-refractivity contribution is 5.85. The second-order valence-corrected chi connectivity index (χ2v) is 4.34. The molecule has 3 nitrogen and oxygen atoms in total. The minimum atomic E-state index is -0.762. The van der Waals surface area contributed by atoms with Crippen LogP contribution in [0.3, 0.4) is 0 Å². The van der Waals surface area contributed by atoms with Gasteiger partial charge in [0, 0.05) is 0 Å². The quantitative estimate of drug-likeness (QED) is 0.871. The number of carboxylic acid groups (broad SMARTS) is 1. The van der Waals surface area contributed by atoms with Gasteiger partial charge in [-0.2, -0.15) is 0 Å². The Bertz CT molecular complexity index is 375. The summed E-state index contributed by atoms with van der Waals surface area (Å²) in [4.78, 5) is 10.6. The van der Waals surface area contributed by atoms with Crippen LogP contribution >= 0.6 is 12.4 Å². The number of halogens is 1. The molecule has 94 valence electrons. The first kappa shape index (κ1) is 14.0. The van der Waals surface area contributed by atoms with Crippen molar-refractivity contribution in [1.82, 2.24) is 5.32 Å². The summed E-state index contributed by atoms with van der Waals surface area (Å²) in [5.41, 5.74) is 2.20. The predicted molar refractivity (Wildman–Crippen MR) is 69.9 cm³/mol. The third-order valence-corrected chi connectivity index (χ3v) is 3.12. The summed E-state index contributed by atoms with van der Waals surface area (Å²) >= 11 is 0. The highest BCUT2D eigenvalue weighted by Gasteiger charge is 2.15. The van der Waals surface area contributed by atoms with Gasteiger partial charge in [0.15, 0.2) is 0 Å². The normalized spacial score (nSPS) is 16.2. The van der Waals surface area contributed by atoms with E-state index in [0.29, 0.717) is 5.92 Å². The Morgan fingerprint density at radius 1 is 1.35 bits per heavy atom. The van der Waals surface area contributed by atoms with Crippen LogP contribution < -0.4 is 5.32 Å². The molecule has 0 spiro atoms. The van der Waals surface area contributed by atoms with Crippen LogP contribution in [0.25, 0.3) is 0 Å². The fourth-order valence-corrected chi connectivity index (χ4v) is 2.29. The average Bonchev–Trinajstić information content (AvgIpc) is 2.30. The molecule has 0 atom stereocenters. The van der Waals surface area contributed by atoms with Crippen LogP contribution in [-0.4, -0.2) is 24.2 Å². The number of aliphatic carboxylic acids is 1. The van der Waals surface area contributed by atoms with Crippen molar-refractivity contribution in [3.8, 4) is 0 Å². The maximum atomic E-state index is 10.6. The molecule has 1 aliphatic rings. The van der Waals surface area contributed by atoms with E-state index in [-0.39, 0.29) is 18.8 Å². The van der Waals surface area contributed by atoms with E-state index in [9.17, 15) is 4.79 Å². The molecule has 0 aliphatic carbocycles. The molecule has 0 unspecified atom stereocenters. The third-order valence-electron chi connectivity index (χ3n) is 3.12. The number of nitrogens with one attached hydrogen (secondary N) is 1. The first-order chi connectivity index (χ1) is 7.75. The Hall–Kier alpha value is -1.06. The Labute approximate surface area is 108 Å². The van der Waals surface area contributed by atoms with E-state index >= 15 is 0 Å². The lowest BCUT2D eigenvalue weighted by Crippen LogP contribution is -2.26. The van der Waals surface area contributed by atoms with Crippen molar-refractivity contribution >= 4 is 18.4 Å². The Kier molecular flexibility index (Phi) is 5.45. The largest absolute Gasteiger partial charge is 0.481 e. The third kappa shape index (κ3) is 4.02. The Morgan fingerprint density at radius 2 is 2.06 bits per heavy atom. The second kappa shape index (κ2) is 6.62. The van der Waals surface area contributed by atoms with Gasteiger partial charge in [-0.05, 0) is 43.0 Å². The molecule has 1 aromatic rings. The maximum absolute atomic E-state index is 10.6. The fraction of sp³-hybridized carbons (Fsp3) is 0.462. The van der Waals surface area contributed by atoms with Crippen molar-refractivity contribution in [1.29, 1.82) is 0 Å². The van der Waals surface area contributed by atoms with Crippen molar-refractivity contribution in [2.24, 2.45) is 0 Å². The summed E-state index contributed by atoms with van der Waals surface area (Å²) in [6.45, 7) is 2.13. The highest BCUT2D eigenvalue weighted by Crippen LogP contribution is 2.25. The Balaban J connectivity index is 0.00000144. The van der Waals surface area contributed by atoms with Crippen molar-refractivity contribution < 1.29 is 9.90 Å². The van der Waals surface area contributed by atoms with Crippen LogP contribution in [0.1, 0.15) is 29.9 Å². The van der Waals surface area contributed by atoms with Crippen molar-refractivity contribution in [3.63, 3.8) is 0 Å². The van der Waals surface area contributed by atoms with E-state index in [1.165, 1.54) is 5.56 Å². The zero-order valence-corrected chi connectivity index (χ0v) is 10.5. The van der Waals surface area contributed by atoms with Crippen LogP contribution in [0.2, 0.25) is 0 Å². The van der Waals surface area contributed by atoms with Gasteiger partial charge in [-0.1, -0.05) is 24.3 Å². The van der Waals surface area contributed by atoms with Gasteiger partial charge in [0.05, 0.1) is 6.42 Å².